The lowest BCUT2D eigenvalue weighted by Crippen LogP contribution is -2.52. The molecule has 5 nitrogen and oxygen atoms in total. The second-order valence-corrected chi connectivity index (χ2v) is 6.20. The first-order valence-corrected chi connectivity index (χ1v) is 7.99. The fourth-order valence-electron chi connectivity index (χ4n) is 1.93. The van der Waals surface area contributed by atoms with Crippen molar-refractivity contribution in [2.75, 3.05) is 12.3 Å². The first kappa shape index (κ1) is 17.0. The topological polar surface area (TPSA) is 81.2 Å². The van der Waals surface area contributed by atoms with Gasteiger partial charge in [-0.2, -0.15) is 0 Å². The predicted molar refractivity (Wildman–Crippen MR) is 81.8 cm³/mol. The zero-order chi connectivity index (χ0) is 15.2. The number of nitrogens with zero attached hydrogens (tertiary/aromatic N) is 1. The first-order chi connectivity index (χ1) is 9.39. The number of amides is 1. The van der Waals surface area contributed by atoms with Crippen LogP contribution in [0, 0.1) is 13.8 Å². The summed E-state index contributed by atoms with van der Waals surface area (Å²) < 4.78 is 5.50. The van der Waals surface area contributed by atoms with E-state index in [2.05, 4.69) is 10.3 Å². The standard InChI is InChI=1S/C14H25N3O2S/c1-5-16-14(4,12(15)18)8-6-7-9-20-13-17-10(2)11(3)19-13/h16H,5-9H2,1-4H3,(H2,15,18). The van der Waals surface area contributed by atoms with Crippen molar-refractivity contribution in [3.63, 3.8) is 0 Å². The maximum absolute atomic E-state index is 11.5. The SMILES string of the molecule is CCNC(C)(CCCCSc1nc(C)c(C)o1)C(N)=O. The Balaban J connectivity index is 2.29. The van der Waals surface area contributed by atoms with Crippen molar-refractivity contribution in [2.45, 2.75) is 57.7 Å². The van der Waals surface area contributed by atoms with Crippen LogP contribution in [0.4, 0.5) is 0 Å². The van der Waals surface area contributed by atoms with E-state index >= 15 is 0 Å². The molecule has 0 saturated heterocycles. The predicted octanol–water partition coefficient (Wildman–Crippen LogP) is 2.41. The van der Waals surface area contributed by atoms with E-state index in [-0.39, 0.29) is 5.91 Å². The monoisotopic (exact) mass is 299 g/mol. The summed E-state index contributed by atoms with van der Waals surface area (Å²) >= 11 is 1.61. The van der Waals surface area contributed by atoms with Crippen molar-refractivity contribution in [3.8, 4) is 0 Å². The zero-order valence-electron chi connectivity index (χ0n) is 12.8. The number of rotatable bonds is 9. The van der Waals surface area contributed by atoms with Gasteiger partial charge in [0.2, 0.25) is 5.91 Å². The van der Waals surface area contributed by atoms with Crippen molar-refractivity contribution in [1.82, 2.24) is 10.3 Å². The highest BCUT2D eigenvalue weighted by Crippen LogP contribution is 2.22. The third-order valence-corrected chi connectivity index (χ3v) is 4.33. The molecule has 1 atom stereocenters. The fraction of sp³-hybridized carbons (Fsp3) is 0.714. The Morgan fingerprint density at radius 1 is 1.45 bits per heavy atom. The number of aryl methyl sites for hydroxylation is 2. The van der Waals surface area contributed by atoms with Crippen molar-refractivity contribution in [3.05, 3.63) is 11.5 Å². The molecule has 1 heterocycles. The maximum Gasteiger partial charge on any atom is 0.256 e. The highest BCUT2D eigenvalue weighted by atomic mass is 32.2. The molecule has 0 aliphatic carbocycles. The van der Waals surface area contributed by atoms with Crippen LogP contribution in [0.5, 0.6) is 0 Å². The molecule has 0 fully saturated rings. The van der Waals surface area contributed by atoms with Crippen molar-refractivity contribution in [1.29, 1.82) is 0 Å². The van der Waals surface area contributed by atoms with Crippen molar-refractivity contribution < 1.29 is 9.21 Å². The number of thioether (sulfide) groups is 1. The number of aromatic nitrogens is 1. The highest BCUT2D eigenvalue weighted by molar-refractivity contribution is 7.99. The summed E-state index contributed by atoms with van der Waals surface area (Å²) in [6, 6.07) is 0. The summed E-state index contributed by atoms with van der Waals surface area (Å²) in [4.78, 5) is 15.8. The number of oxazole rings is 1. The van der Waals surface area contributed by atoms with Gasteiger partial charge in [0.25, 0.3) is 5.22 Å². The molecule has 1 unspecified atom stereocenters. The van der Waals surface area contributed by atoms with E-state index in [1.54, 1.807) is 11.8 Å². The molecule has 0 spiro atoms. The van der Waals surface area contributed by atoms with Gasteiger partial charge in [-0.05, 0) is 40.2 Å². The number of hydrogen-bond acceptors (Lipinski definition) is 5. The summed E-state index contributed by atoms with van der Waals surface area (Å²) in [5, 5.41) is 3.89. The van der Waals surface area contributed by atoms with Crippen LogP contribution < -0.4 is 11.1 Å². The number of primary amides is 1. The van der Waals surface area contributed by atoms with Crippen LogP contribution in [0.15, 0.2) is 9.64 Å². The molecule has 1 aromatic heterocycles. The Morgan fingerprint density at radius 2 is 2.15 bits per heavy atom. The van der Waals surface area contributed by atoms with E-state index in [0.717, 1.165) is 48.2 Å². The number of unbranched alkanes of at least 4 members (excludes halogenated alkanes) is 1. The first-order valence-electron chi connectivity index (χ1n) is 7.01. The molecule has 0 aliphatic heterocycles. The van der Waals surface area contributed by atoms with Gasteiger partial charge in [0.15, 0.2) is 0 Å². The zero-order valence-corrected chi connectivity index (χ0v) is 13.6. The molecule has 0 bridgehead atoms. The molecule has 1 aromatic rings. The summed E-state index contributed by atoms with van der Waals surface area (Å²) in [7, 11) is 0. The summed E-state index contributed by atoms with van der Waals surface area (Å²) in [6.45, 7) is 8.44. The van der Waals surface area contributed by atoms with E-state index in [9.17, 15) is 4.79 Å². The molecule has 3 N–H and O–H groups in total. The van der Waals surface area contributed by atoms with Gasteiger partial charge in [0.1, 0.15) is 5.76 Å². The summed E-state index contributed by atoms with van der Waals surface area (Å²) in [5.74, 6) is 1.52. The van der Waals surface area contributed by atoms with Gasteiger partial charge in [-0.3, -0.25) is 4.79 Å². The highest BCUT2D eigenvalue weighted by Gasteiger charge is 2.28. The minimum atomic E-state index is -0.602. The molecule has 6 heteroatoms. The Labute approximate surface area is 125 Å². The van der Waals surface area contributed by atoms with Crippen LogP contribution in [0.2, 0.25) is 0 Å². The molecular weight excluding hydrogens is 274 g/mol. The smallest absolute Gasteiger partial charge is 0.256 e. The largest absolute Gasteiger partial charge is 0.437 e. The van der Waals surface area contributed by atoms with Gasteiger partial charge in [-0.1, -0.05) is 25.1 Å². The minimum absolute atomic E-state index is 0.286. The average Bonchev–Trinajstić information content (AvgIpc) is 2.68. The van der Waals surface area contributed by atoms with Gasteiger partial charge in [0.05, 0.1) is 11.2 Å². The molecule has 0 aliphatic rings. The van der Waals surface area contributed by atoms with E-state index in [0.29, 0.717) is 0 Å². The van der Waals surface area contributed by atoms with Crippen LogP contribution >= 0.6 is 11.8 Å². The van der Waals surface area contributed by atoms with Crippen molar-refractivity contribution >= 4 is 17.7 Å². The molecule has 0 saturated carbocycles. The average molecular weight is 299 g/mol. The molecule has 1 rings (SSSR count). The second-order valence-electron chi connectivity index (χ2n) is 5.15. The van der Waals surface area contributed by atoms with Gasteiger partial charge < -0.3 is 15.5 Å². The van der Waals surface area contributed by atoms with Crippen LogP contribution in [0.1, 0.15) is 44.6 Å². The Bertz CT molecular complexity index is 428. The van der Waals surface area contributed by atoms with Crippen LogP contribution in [-0.2, 0) is 4.79 Å². The maximum atomic E-state index is 11.5. The number of nitrogens with one attached hydrogen (secondary N) is 1. The minimum Gasteiger partial charge on any atom is -0.437 e. The Morgan fingerprint density at radius 3 is 2.65 bits per heavy atom. The van der Waals surface area contributed by atoms with Gasteiger partial charge >= 0.3 is 0 Å². The Kier molecular flexibility index (Phi) is 6.55. The van der Waals surface area contributed by atoms with Crippen LogP contribution in [-0.4, -0.2) is 28.7 Å². The number of carbonyl (C=O) groups is 1. The normalized spacial score (nSPS) is 14.2. The number of nitrogens with two attached hydrogens (primary N) is 1. The molecular formula is C14H25N3O2S. The lowest BCUT2D eigenvalue weighted by atomic mass is 9.94. The van der Waals surface area contributed by atoms with E-state index in [1.165, 1.54) is 0 Å². The second kappa shape index (κ2) is 7.69. The quantitative estimate of drug-likeness (QED) is 0.540. The third kappa shape index (κ3) is 4.83. The number of carbonyl (C=O) groups excluding carboxylic acids is 1. The van der Waals surface area contributed by atoms with Crippen LogP contribution in [0.25, 0.3) is 0 Å². The lowest BCUT2D eigenvalue weighted by Gasteiger charge is -2.26. The van der Waals surface area contributed by atoms with Gasteiger partial charge in [0, 0.05) is 5.75 Å². The van der Waals surface area contributed by atoms with Crippen LogP contribution in [0.3, 0.4) is 0 Å². The fourth-order valence-corrected chi connectivity index (χ4v) is 2.84. The Hall–Kier alpha value is -1.01. The third-order valence-electron chi connectivity index (χ3n) is 3.42. The lowest BCUT2D eigenvalue weighted by molar-refractivity contribution is -0.124. The van der Waals surface area contributed by atoms with E-state index < -0.39 is 5.54 Å². The van der Waals surface area contributed by atoms with Gasteiger partial charge in [-0.15, -0.1) is 0 Å². The molecule has 1 amide bonds. The summed E-state index contributed by atoms with van der Waals surface area (Å²) in [6.07, 6.45) is 2.69. The number of likely N-dealkylation sites (N-methyl/N-ethyl adjacent to an activating group) is 1. The molecule has 114 valence electrons. The summed E-state index contributed by atoms with van der Waals surface area (Å²) in [5.41, 5.74) is 5.79. The molecule has 20 heavy (non-hydrogen) atoms. The van der Waals surface area contributed by atoms with Crippen molar-refractivity contribution in [2.24, 2.45) is 5.73 Å². The van der Waals surface area contributed by atoms with E-state index in [1.807, 2.05) is 27.7 Å². The molecule has 0 aromatic carbocycles. The number of hydrogen-bond donors (Lipinski definition) is 2. The van der Waals surface area contributed by atoms with Gasteiger partial charge in [-0.25, -0.2) is 4.98 Å². The van der Waals surface area contributed by atoms with E-state index in [4.69, 9.17) is 10.2 Å². The molecule has 0 radical (unpaired) electrons.